The molecular weight excluding hydrogens is 538 g/mol. The molecule has 0 N–H and O–H groups in total. The summed E-state index contributed by atoms with van der Waals surface area (Å²) < 4.78 is 64.8. The zero-order chi connectivity index (χ0) is 28.5. The van der Waals surface area contributed by atoms with Crippen molar-refractivity contribution < 1.29 is 46.8 Å². The SMILES string of the molecule is CC(F)(F)C(=O)OC1C2CC3CC1CC(C(=O)OC(C1COC4(CCCCC4)O1)C1COC4(CCCCC4)O1)(C3)C2. The lowest BCUT2D eigenvalue weighted by atomic mass is 9.48. The van der Waals surface area contributed by atoms with Crippen LogP contribution in [0.15, 0.2) is 0 Å². The Balaban J connectivity index is 1.09. The second-order valence-electron chi connectivity index (χ2n) is 14.3. The maximum Gasteiger partial charge on any atom is 0.376 e. The van der Waals surface area contributed by atoms with Gasteiger partial charge in [-0.05, 0) is 75.5 Å². The maximum atomic E-state index is 14.2. The van der Waals surface area contributed by atoms with Crippen molar-refractivity contribution in [2.45, 2.75) is 145 Å². The number of rotatable bonds is 6. The van der Waals surface area contributed by atoms with Crippen LogP contribution in [0.5, 0.6) is 0 Å². The van der Waals surface area contributed by atoms with Gasteiger partial charge in [-0.25, -0.2) is 4.79 Å². The monoisotopic (exact) mass is 582 g/mol. The number of alkyl halides is 2. The van der Waals surface area contributed by atoms with Crippen LogP contribution in [0.3, 0.4) is 0 Å². The van der Waals surface area contributed by atoms with Crippen LogP contribution in [0, 0.1) is 23.2 Å². The van der Waals surface area contributed by atoms with Gasteiger partial charge in [-0.2, -0.15) is 8.78 Å². The highest BCUT2D eigenvalue weighted by atomic mass is 19.3. The molecule has 2 saturated heterocycles. The third-order valence-corrected chi connectivity index (χ3v) is 11.2. The molecular formula is C31H44F2O8. The van der Waals surface area contributed by atoms with E-state index >= 15 is 0 Å². The van der Waals surface area contributed by atoms with Crippen molar-refractivity contribution in [2.24, 2.45) is 23.2 Å². The van der Waals surface area contributed by atoms with E-state index in [1.165, 1.54) is 0 Å². The van der Waals surface area contributed by atoms with Crippen molar-refractivity contribution in [1.29, 1.82) is 0 Å². The van der Waals surface area contributed by atoms with E-state index in [2.05, 4.69) is 0 Å². The van der Waals surface area contributed by atoms with Crippen molar-refractivity contribution in [1.82, 2.24) is 0 Å². The van der Waals surface area contributed by atoms with Crippen molar-refractivity contribution in [3.05, 3.63) is 0 Å². The minimum absolute atomic E-state index is 0.119. The molecule has 10 heteroatoms. The lowest BCUT2D eigenvalue weighted by Crippen LogP contribution is -2.59. The Hall–Kier alpha value is -1.36. The summed E-state index contributed by atoms with van der Waals surface area (Å²) in [6.07, 6.45) is 11.0. The smallest absolute Gasteiger partial charge is 0.376 e. The lowest BCUT2D eigenvalue weighted by Gasteiger charge is -2.58. The Kier molecular flexibility index (Phi) is 7.19. The molecule has 2 heterocycles. The van der Waals surface area contributed by atoms with Gasteiger partial charge in [-0.3, -0.25) is 4.79 Å². The van der Waals surface area contributed by atoms with Crippen LogP contribution in [0.2, 0.25) is 0 Å². The van der Waals surface area contributed by atoms with Crippen LogP contribution in [-0.2, 0) is 38.0 Å². The van der Waals surface area contributed by atoms with E-state index in [9.17, 15) is 18.4 Å². The van der Waals surface area contributed by atoms with Gasteiger partial charge in [0.1, 0.15) is 18.3 Å². The van der Waals surface area contributed by atoms with E-state index < -0.39 is 53.3 Å². The molecule has 4 atom stereocenters. The van der Waals surface area contributed by atoms with Crippen molar-refractivity contribution in [3.63, 3.8) is 0 Å². The zero-order valence-electron chi connectivity index (χ0n) is 24.1. The molecule has 0 aromatic heterocycles. The van der Waals surface area contributed by atoms with Crippen LogP contribution in [-0.4, -0.2) is 67.1 Å². The molecule has 4 unspecified atom stereocenters. The summed E-state index contributed by atoms with van der Waals surface area (Å²) in [5.41, 5.74) is -0.712. The van der Waals surface area contributed by atoms with Gasteiger partial charge in [-0.1, -0.05) is 12.8 Å². The molecule has 4 bridgehead atoms. The highest BCUT2D eigenvalue weighted by Crippen LogP contribution is 2.61. The number of carbonyl (C=O) groups is 2. The van der Waals surface area contributed by atoms with Gasteiger partial charge in [0.05, 0.1) is 18.6 Å². The molecule has 0 radical (unpaired) electrons. The zero-order valence-corrected chi connectivity index (χ0v) is 24.1. The molecule has 0 aromatic carbocycles. The number of esters is 2. The highest BCUT2D eigenvalue weighted by molar-refractivity contribution is 5.79. The van der Waals surface area contributed by atoms with Crippen molar-refractivity contribution in [3.8, 4) is 0 Å². The fourth-order valence-electron chi connectivity index (χ4n) is 9.47. The Morgan fingerprint density at radius 3 is 1.80 bits per heavy atom. The Bertz CT molecular complexity index is 964. The average Bonchev–Trinajstić information content (AvgIpc) is 3.53. The topological polar surface area (TPSA) is 89.5 Å². The molecule has 0 aromatic rings. The number of halogens is 2. The summed E-state index contributed by atoms with van der Waals surface area (Å²) in [6.45, 7) is 1.26. The normalized spacial score (nSPS) is 41.5. The van der Waals surface area contributed by atoms with Gasteiger partial charge in [0.25, 0.3) is 0 Å². The first kappa shape index (κ1) is 28.4. The summed E-state index contributed by atoms with van der Waals surface area (Å²) in [6, 6.07) is 0. The summed E-state index contributed by atoms with van der Waals surface area (Å²) >= 11 is 0. The number of hydrogen-bond donors (Lipinski definition) is 0. The van der Waals surface area contributed by atoms with Crippen molar-refractivity contribution >= 4 is 11.9 Å². The van der Waals surface area contributed by atoms with E-state index in [0.717, 1.165) is 77.0 Å². The van der Waals surface area contributed by atoms with Gasteiger partial charge in [0, 0.05) is 32.6 Å². The van der Waals surface area contributed by atoms with E-state index in [1.54, 1.807) is 0 Å². The predicted molar refractivity (Wildman–Crippen MR) is 140 cm³/mol. The lowest BCUT2D eigenvalue weighted by molar-refractivity contribution is -0.232. The Morgan fingerprint density at radius 2 is 1.32 bits per heavy atom. The maximum absolute atomic E-state index is 14.2. The van der Waals surface area contributed by atoms with Crippen molar-refractivity contribution in [2.75, 3.05) is 13.2 Å². The minimum Gasteiger partial charge on any atom is -0.457 e. The quantitative estimate of drug-likeness (QED) is 0.383. The van der Waals surface area contributed by atoms with Gasteiger partial charge in [-0.15, -0.1) is 0 Å². The third-order valence-electron chi connectivity index (χ3n) is 11.2. The summed E-state index contributed by atoms with van der Waals surface area (Å²) in [5, 5.41) is 0. The molecule has 6 aliphatic carbocycles. The van der Waals surface area contributed by atoms with Gasteiger partial charge >= 0.3 is 17.9 Å². The first-order chi connectivity index (χ1) is 19.6. The molecule has 41 heavy (non-hydrogen) atoms. The molecule has 0 amide bonds. The van der Waals surface area contributed by atoms with Gasteiger partial charge in [0.2, 0.25) is 0 Å². The Morgan fingerprint density at radius 1 is 0.805 bits per heavy atom. The molecule has 2 spiro atoms. The van der Waals surface area contributed by atoms with Crippen LogP contribution in [0.4, 0.5) is 8.78 Å². The molecule has 8 fully saturated rings. The molecule has 8 nitrogen and oxygen atoms in total. The average molecular weight is 583 g/mol. The molecule has 8 aliphatic rings. The second-order valence-corrected chi connectivity index (χ2v) is 14.3. The fourth-order valence-corrected chi connectivity index (χ4v) is 9.47. The summed E-state index contributed by atoms with van der Waals surface area (Å²) in [5.74, 6) is -6.45. The minimum atomic E-state index is -3.53. The van der Waals surface area contributed by atoms with Crippen LogP contribution in [0.1, 0.15) is 103 Å². The Labute approximate surface area is 240 Å². The first-order valence-corrected chi connectivity index (χ1v) is 16.0. The van der Waals surface area contributed by atoms with E-state index in [4.69, 9.17) is 28.4 Å². The van der Waals surface area contributed by atoms with Gasteiger partial charge in [0.15, 0.2) is 17.7 Å². The number of ether oxygens (including phenoxy) is 6. The molecule has 8 rings (SSSR count). The fraction of sp³-hybridized carbons (Fsp3) is 0.935. The van der Waals surface area contributed by atoms with E-state index in [-0.39, 0.29) is 17.8 Å². The third kappa shape index (κ3) is 5.22. The molecule has 2 aliphatic heterocycles. The number of carbonyl (C=O) groups excluding carboxylic acids is 2. The number of hydrogen-bond acceptors (Lipinski definition) is 8. The standard InChI is InChI=1S/C31H44F2O8/c1-28(32,33)26(34)38-24-20-12-19-13-21(24)16-29(14-19,15-20)27(35)39-25(22-17-36-30(40-22)8-4-2-5-9-30)23-18-37-31(41-23)10-6-3-7-11-31/h19-25H,2-18H2,1H3. The predicted octanol–water partition coefficient (Wildman–Crippen LogP) is 5.44. The molecule has 6 saturated carbocycles. The summed E-state index contributed by atoms with van der Waals surface area (Å²) in [4.78, 5) is 26.3. The largest absolute Gasteiger partial charge is 0.457 e. The second kappa shape index (κ2) is 10.4. The highest BCUT2D eigenvalue weighted by Gasteiger charge is 2.62. The van der Waals surface area contributed by atoms with Crippen LogP contribution < -0.4 is 0 Å². The van der Waals surface area contributed by atoms with E-state index in [1.807, 2.05) is 0 Å². The summed E-state index contributed by atoms with van der Waals surface area (Å²) in [7, 11) is 0. The van der Waals surface area contributed by atoms with E-state index in [0.29, 0.717) is 45.3 Å². The first-order valence-electron chi connectivity index (χ1n) is 16.0. The van der Waals surface area contributed by atoms with Gasteiger partial charge < -0.3 is 28.4 Å². The van der Waals surface area contributed by atoms with Crippen LogP contribution >= 0.6 is 0 Å². The van der Waals surface area contributed by atoms with Crippen LogP contribution in [0.25, 0.3) is 0 Å². The molecule has 230 valence electrons.